The van der Waals surface area contributed by atoms with E-state index in [0.717, 1.165) is 24.8 Å². The molecule has 0 atom stereocenters. The fourth-order valence-corrected chi connectivity index (χ4v) is 3.35. The normalized spacial score (nSPS) is 20.5. The first-order valence-electron chi connectivity index (χ1n) is 7.96. The molecule has 2 saturated heterocycles. The Morgan fingerprint density at radius 1 is 1.00 bits per heavy atom. The highest BCUT2D eigenvalue weighted by molar-refractivity contribution is 5.66. The Bertz CT molecular complexity index is 446. The average Bonchev–Trinajstić information content (AvgIpc) is 3.01. The Morgan fingerprint density at radius 3 is 2.35 bits per heavy atom. The molecule has 2 heterocycles. The third-order valence-electron chi connectivity index (χ3n) is 4.76. The molecule has 3 heteroatoms. The summed E-state index contributed by atoms with van der Waals surface area (Å²) in [5.41, 5.74) is 2.58. The minimum absolute atomic E-state index is 0.872. The number of benzene rings is 1. The van der Waals surface area contributed by atoms with Crippen molar-refractivity contribution in [1.82, 2.24) is 0 Å². The largest absolute Gasteiger partial charge is 0.495 e. The lowest BCUT2D eigenvalue weighted by Crippen LogP contribution is -2.32. The van der Waals surface area contributed by atoms with Gasteiger partial charge in [0, 0.05) is 37.9 Å². The van der Waals surface area contributed by atoms with Crippen LogP contribution < -0.4 is 14.5 Å². The van der Waals surface area contributed by atoms with Crippen molar-refractivity contribution in [3.05, 3.63) is 18.2 Å². The van der Waals surface area contributed by atoms with Crippen molar-refractivity contribution in [2.24, 2.45) is 5.92 Å². The van der Waals surface area contributed by atoms with E-state index in [1.54, 1.807) is 7.11 Å². The van der Waals surface area contributed by atoms with E-state index in [0.29, 0.717) is 0 Å². The molecule has 3 nitrogen and oxygen atoms in total. The minimum Gasteiger partial charge on any atom is -0.495 e. The summed E-state index contributed by atoms with van der Waals surface area (Å²) in [6.45, 7) is 7.03. The van der Waals surface area contributed by atoms with Crippen molar-refractivity contribution in [1.29, 1.82) is 0 Å². The highest BCUT2D eigenvalue weighted by atomic mass is 16.5. The molecule has 0 amide bonds. The molecule has 3 rings (SSSR count). The summed E-state index contributed by atoms with van der Waals surface area (Å²) in [5, 5.41) is 0. The van der Waals surface area contributed by atoms with E-state index in [2.05, 4.69) is 34.9 Å². The van der Waals surface area contributed by atoms with Gasteiger partial charge in [0.2, 0.25) is 0 Å². The van der Waals surface area contributed by atoms with Crippen LogP contribution in [0.3, 0.4) is 0 Å². The van der Waals surface area contributed by atoms with E-state index in [-0.39, 0.29) is 0 Å². The number of rotatable bonds is 3. The van der Waals surface area contributed by atoms with Crippen LogP contribution in [-0.2, 0) is 0 Å². The molecule has 0 unspecified atom stereocenters. The molecule has 2 aliphatic rings. The summed E-state index contributed by atoms with van der Waals surface area (Å²) in [6, 6.07) is 6.74. The zero-order chi connectivity index (χ0) is 13.9. The molecule has 1 aromatic carbocycles. The first-order valence-corrected chi connectivity index (χ1v) is 7.96. The van der Waals surface area contributed by atoms with Crippen molar-refractivity contribution in [3.63, 3.8) is 0 Å². The van der Waals surface area contributed by atoms with E-state index >= 15 is 0 Å². The van der Waals surface area contributed by atoms with Gasteiger partial charge in [-0.25, -0.2) is 0 Å². The summed E-state index contributed by atoms with van der Waals surface area (Å²) in [6.07, 6.45) is 5.20. The highest BCUT2D eigenvalue weighted by Crippen LogP contribution is 2.35. The number of nitrogens with zero attached hydrogens (tertiary/aromatic N) is 2. The van der Waals surface area contributed by atoms with Crippen LogP contribution in [0.5, 0.6) is 5.75 Å². The summed E-state index contributed by atoms with van der Waals surface area (Å²) < 4.78 is 5.64. The molecule has 0 aliphatic carbocycles. The first-order chi connectivity index (χ1) is 9.78. The van der Waals surface area contributed by atoms with Gasteiger partial charge in [0.1, 0.15) is 5.75 Å². The van der Waals surface area contributed by atoms with Crippen molar-refractivity contribution in [2.75, 3.05) is 43.1 Å². The predicted molar refractivity (Wildman–Crippen MR) is 85.1 cm³/mol. The van der Waals surface area contributed by atoms with Crippen LogP contribution in [0.2, 0.25) is 0 Å². The Kier molecular flexibility index (Phi) is 4.04. The predicted octanol–water partition coefficient (Wildman–Crippen LogP) is 3.53. The van der Waals surface area contributed by atoms with Crippen LogP contribution in [0.15, 0.2) is 18.2 Å². The molecule has 0 spiro atoms. The van der Waals surface area contributed by atoms with Gasteiger partial charge < -0.3 is 14.5 Å². The van der Waals surface area contributed by atoms with Gasteiger partial charge in [-0.2, -0.15) is 0 Å². The quantitative estimate of drug-likeness (QED) is 0.838. The van der Waals surface area contributed by atoms with E-state index in [4.69, 9.17) is 4.74 Å². The topological polar surface area (TPSA) is 15.7 Å². The molecule has 110 valence electrons. The Hall–Kier alpha value is -1.38. The van der Waals surface area contributed by atoms with Crippen LogP contribution in [-0.4, -0.2) is 33.3 Å². The average molecular weight is 274 g/mol. The van der Waals surface area contributed by atoms with Gasteiger partial charge in [0.05, 0.1) is 12.8 Å². The lowest BCUT2D eigenvalue weighted by Gasteiger charge is -2.33. The van der Waals surface area contributed by atoms with E-state index in [1.165, 1.54) is 50.1 Å². The van der Waals surface area contributed by atoms with Gasteiger partial charge in [0.25, 0.3) is 0 Å². The zero-order valence-corrected chi connectivity index (χ0v) is 12.8. The van der Waals surface area contributed by atoms with Gasteiger partial charge in [-0.1, -0.05) is 6.92 Å². The molecule has 0 saturated carbocycles. The maximum Gasteiger partial charge on any atom is 0.144 e. The molecular formula is C17H26N2O. The number of methoxy groups -OCH3 is 1. The third kappa shape index (κ3) is 2.72. The van der Waals surface area contributed by atoms with Gasteiger partial charge in [-0.15, -0.1) is 0 Å². The van der Waals surface area contributed by atoms with E-state index in [9.17, 15) is 0 Å². The zero-order valence-electron chi connectivity index (χ0n) is 12.8. The number of hydrogen-bond acceptors (Lipinski definition) is 3. The summed E-state index contributed by atoms with van der Waals surface area (Å²) in [5.74, 6) is 1.90. The summed E-state index contributed by atoms with van der Waals surface area (Å²) in [7, 11) is 1.79. The third-order valence-corrected chi connectivity index (χ3v) is 4.76. The number of hydrogen-bond donors (Lipinski definition) is 0. The molecule has 0 aromatic heterocycles. The Morgan fingerprint density at radius 2 is 1.70 bits per heavy atom. The molecule has 2 aliphatic heterocycles. The smallest absolute Gasteiger partial charge is 0.144 e. The number of ether oxygens (including phenoxy) is 1. The fraction of sp³-hybridized carbons (Fsp3) is 0.647. The minimum atomic E-state index is 0.872. The van der Waals surface area contributed by atoms with Crippen molar-refractivity contribution >= 4 is 11.4 Å². The second-order valence-electron chi connectivity index (χ2n) is 6.22. The van der Waals surface area contributed by atoms with Crippen molar-refractivity contribution in [2.45, 2.75) is 32.6 Å². The molecule has 20 heavy (non-hydrogen) atoms. The lowest BCUT2D eigenvalue weighted by molar-refractivity contribution is 0.413. The second kappa shape index (κ2) is 5.94. The second-order valence-corrected chi connectivity index (χ2v) is 6.22. The van der Waals surface area contributed by atoms with E-state index < -0.39 is 0 Å². The van der Waals surface area contributed by atoms with Gasteiger partial charge in [-0.05, 0) is 43.7 Å². The van der Waals surface area contributed by atoms with Crippen LogP contribution in [0.1, 0.15) is 32.6 Å². The van der Waals surface area contributed by atoms with Crippen LogP contribution >= 0.6 is 0 Å². The molecular weight excluding hydrogens is 248 g/mol. The van der Waals surface area contributed by atoms with Crippen molar-refractivity contribution in [3.8, 4) is 5.75 Å². The Balaban J connectivity index is 1.79. The molecule has 2 fully saturated rings. The molecule has 0 N–H and O–H groups in total. The number of anilines is 2. The first kappa shape index (κ1) is 13.6. The van der Waals surface area contributed by atoms with Gasteiger partial charge in [-0.3, -0.25) is 0 Å². The maximum atomic E-state index is 5.64. The monoisotopic (exact) mass is 274 g/mol. The van der Waals surface area contributed by atoms with Gasteiger partial charge >= 0.3 is 0 Å². The summed E-state index contributed by atoms with van der Waals surface area (Å²) in [4.78, 5) is 4.94. The summed E-state index contributed by atoms with van der Waals surface area (Å²) >= 11 is 0. The standard InChI is InChI=1S/C17H26N2O/c1-14-7-11-18(12-8-14)15-5-6-16(17(13-15)20-2)19-9-3-4-10-19/h5-6,13-14H,3-4,7-12H2,1-2H3. The van der Waals surface area contributed by atoms with E-state index in [1.807, 2.05) is 0 Å². The van der Waals surface area contributed by atoms with Crippen LogP contribution in [0.4, 0.5) is 11.4 Å². The molecule has 0 bridgehead atoms. The number of piperidine rings is 1. The fourth-order valence-electron chi connectivity index (χ4n) is 3.35. The van der Waals surface area contributed by atoms with Gasteiger partial charge in [0.15, 0.2) is 0 Å². The Labute approximate surface area is 122 Å². The SMILES string of the molecule is COc1cc(N2CCC(C)CC2)ccc1N1CCCC1. The maximum absolute atomic E-state index is 5.64. The lowest BCUT2D eigenvalue weighted by atomic mass is 9.99. The van der Waals surface area contributed by atoms with Crippen molar-refractivity contribution < 1.29 is 4.74 Å². The molecule has 1 aromatic rings. The van der Waals surface area contributed by atoms with Crippen LogP contribution in [0.25, 0.3) is 0 Å². The molecule has 0 radical (unpaired) electrons. The highest BCUT2D eigenvalue weighted by Gasteiger charge is 2.20. The van der Waals surface area contributed by atoms with Crippen LogP contribution in [0, 0.1) is 5.92 Å².